The minimum absolute atomic E-state index is 0.0944. The number of aromatic nitrogens is 2. The monoisotopic (exact) mass is 281 g/mol. The number of hydrogen-bond donors (Lipinski definition) is 2. The fraction of sp³-hybridized carbons (Fsp3) is 0.692. The number of nitro groups is 1. The highest BCUT2D eigenvalue weighted by Gasteiger charge is 2.18. The lowest BCUT2D eigenvalue weighted by molar-refractivity contribution is -0.384. The van der Waals surface area contributed by atoms with Crippen LogP contribution in [-0.2, 0) is 0 Å². The average Bonchev–Trinajstić information content (AvgIpc) is 2.36. The van der Waals surface area contributed by atoms with Crippen molar-refractivity contribution in [2.75, 3.05) is 17.2 Å². The van der Waals surface area contributed by atoms with E-state index in [1.54, 1.807) is 0 Å². The van der Waals surface area contributed by atoms with Crippen LogP contribution in [0.2, 0.25) is 0 Å². The maximum atomic E-state index is 11.0. The van der Waals surface area contributed by atoms with Gasteiger partial charge in [0.25, 0.3) is 0 Å². The van der Waals surface area contributed by atoms with Gasteiger partial charge in [0.15, 0.2) is 0 Å². The van der Waals surface area contributed by atoms with Crippen LogP contribution in [0.25, 0.3) is 0 Å². The van der Waals surface area contributed by atoms with E-state index in [1.807, 2.05) is 13.8 Å². The Hall–Kier alpha value is -1.92. The lowest BCUT2D eigenvalue weighted by Crippen LogP contribution is -2.18. The summed E-state index contributed by atoms with van der Waals surface area (Å²) in [6.07, 6.45) is 3.24. The summed E-state index contributed by atoms with van der Waals surface area (Å²) in [5, 5.41) is 17.1. The summed E-state index contributed by atoms with van der Waals surface area (Å²) < 4.78 is 0. The quantitative estimate of drug-likeness (QED) is 0.562. The summed E-state index contributed by atoms with van der Waals surface area (Å²) >= 11 is 0. The second-order valence-corrected chi connectivity index (χ2v) is 5.23. The Morgan fingerprint density at radius 3 is 2.60 bits per heavy atom. The molecule has 7 heteroatoms. The van der Waals surface area contributed by atoms with E-state index in [2.05, 4.69) is 34.4 Å². The molecule has 1 unspecified atom stereocenters. The average molecular weight is 281 g/mol. The molecule has 7 nitrogen and oxygen atoms in total. The zero-order chi connectivity index (χ0) is 15.1. The van der Waals surface area contributed by atoms with Gasteiger partial charge >= 0.3 is 5.69 Å². The molecule has 0 aliphatic carbocycles. The van der Waals surface area contributed by atoms with Gasteiger partial charge in [0.1, 0.15) is 6.20 Å². The number of rotatable bonds is 8. The maximum Gasteiger partial charge on any atom is 0.329 e. The minimum Gasteiger partial charge on any atom is -0.362 e. The van der Waals surface area contributed by atoms with Gasteiger partial charge in [-0.05, 0) is 32.6 Å². The first-order valence-electron chi connectivity index (χ1n) is 6.95. The van der Waals surface area contributed by atoms with Crippen LogP contribution in [0.15, 0.2) is 6.20 Å². The van der Waals surface area contributed by atoms with Gasteiger partial charge in [-0.1, -0.05) is 13.8 Å². The zero-order valence-corrected chi connectivity index (χ0v) is 12.5. The third-order valence-electron chi connectivity index (χ3n) is 2.86. The Bertz CT molecular complexity index is 450. The second kappa shape index (κ2) is 7.62. The summed E-state index contributed by atoms with van der Waals surface area (Å²) in [7, 11) is 0. The summed E-state index contributed by atoms with van der Waals surface area (Å²) in [5.41, 5.74) is -0.0944. The van der Waals surface area contributed by atoms with Gasteiger partial charge in [-0.3, -0.25) is 10.1 Å². The van der Waals surface area contributed by atoms with Gasteiger partial charge in [-0.15, -0.1) is 0 Å². The van der Waals surface area contributed by atoms with Gasteiger partial charge in [-0.25, -0.2) is 4.98 Å². The number of anilines is 2. The van der Waals surface area contributed by atoms with Crippen LogP contribution >= 0.6 is 0 Å². The standard InChI is InChI=1S/C13H23N5O2/c1-5-14-13-15-8-11(18(19)20)12(17-13)16-10(4)7-6-9(2)3/h8-10H,5-7H2,1-4H3,(H2,14,15,16,17). The molecule has 1 heterocycles. The minimum atomic E-state index is -0.465. The molecule has 0 aromatic carbocycles. The largest absolute Gasteiger partial charge is 0.362 e. The molecule has 0 fully saturated rings. The van der Waals surface area contributed by atoms with Crippen molar-refractivity contribution in [2.45, 2.75) is 46.6 Å². The highest BCUT2D eigenvalue weighted by Crippen LogP contribution is 2.23. The molecule has 0 amide bonds. The molecule has 1 rings (SSSR count). The van der Waals surface area contributed by atoms with E-state index in [1.165, 1.54) is 6.20 Å². The highest BCUT2D eigenvalue weighted by atomic mass is 16.6. The van der Waals surface area contributed by atoms with E-state index >= 15 is 0 Å². The number of nitrogens with zero attached hydrogens (tertiary/aromatic N) is 3. The molecule has 1 aromatic heterocycles. The zero-order valence-electron chi connectivity index (χ0n) is 12.5. The first-order valence-corrected chi connectivity index (χ1v) is 6.95. The molecule has 0 saturated carbocycles. The van der Waals surface area contributed by atoms with Crippen molar-refractivity contribution < 1.29 is 4.92 Å². The van der Waals surface area contributed by atoms with Crippen molar-refractivity contribution in [1.82, 2.24) is 9.97 Å². The lowest BCUT2D eigenvalue weighted by Gasteiger charge is -2.16. The molecule has 0 bridgehead atoms. The van der Waals surface area contributed by atoms with Crippen molar-refractivity contribution in [2.24, 2.45) is 5.92 Å². The third kappa shape index (κ3) is 4.99. The van der Waals surface area contributed by atoms with Gasteiger partial charge in [0, 0.05) is 12.6 Å². The molecule has 0 spiro atoms. The molecule has 1 aromatic rings. The lowest BCUT2D eigenvalue weighted by atomic mass is 10.0. The fourth-order valence-corrected chi connectivity index (χ4v) is 1.75. The van der Waals surface area contributed by atoms with Crippen LogP contribution in [-0.4, -0.2) is 27.5 Å². The van der Waals surface area contributed by atoms with Crippen LogP contribution in [0.1, 0.15) is 40.5 Å². The molecule has 112 valence electrons. The van der Waals surface area contributed by atoms with Crippen LogP contribution in [0, 0.1) is 16.0 Å². The van der Waals surface area contributed by atoms with E-state index in [0.717, 1.165) is 12.8 Å². The van der Waals surface area contributed by atoms with Gasteiger partial charge < -0.3 is 10.6 Å². The molecule has 1 atom stereocenters. The maximum absolute atomic E-state index is 11.0. The van der Waals surface area contributed by atoms with E-state index in [9.17, 15) is 10.1 Å². The Labute approximate surface area is 119 Å². The molecule has 20 heavy (non-hydrogen) atoms. The van der Waals surface area contributed by atoms with E-state index in [-0.39, 0.29) is 17.5 Å². The van der Waals surface area contributed by atoms with Gasteiger partial charge in [0.05, 0.1) is 4.92 Å². The van der Waals surface area contributed by atoms with Crippen molar-refractivity contribution in [3.63, 3.8) is 0 Å². The normalized spacial score (nSPS) is 12.2. The Balaban J connectivity index is 2.83. The highest BCUT2D eigenvalue weighted by molar-refractivity contribution is 5.57. The third-order valence-corrected chi connectivity index (χ3v) is 2.86. The number of hydrogen-bond acceptors (Lipinski definition) is 6. The Morgan fingerprint density at radius 2 is 2.05 bits per heavy atom. The van der Waals surface area contributed by atoms with E-state index < -0.39 is 4.92 Å². The first kappa shape index (κ1) is 16.1. The molecular formula is C13H23N5O2. The summed E-state index contributed by atoms with van der Waals surface area (Å²) in [6, 6.07) is 0.125. The van der Waals surface area contributed by atoms with Crippen molar-refractivity contribution in [1.29, 1.82) is 0 Å². The Morgan fingerprint density at radius 1 is 1.35 bits per heavy atom. The topological polar surface area (TPSA) is 93.0 Å². The molecular weight excluding hydrogens is 258 g/mol. The molecule has 0 aliphatic rings. The molecule has 0 aliphatic heterocycles. The van der Waals surface area contributed by atoms with Crippen LogP contribution in [0.5, 0.6) is 0 Å². The fourth-order valence-electron chi connectivity index (χ4n) is 1.75. The van der Waals surface area contributed by atoms with Crippen LogP contribution in [0.3, 0.4) is 0 Å². The predicted octanol–water partition coefficient (Wildman–Crippen LogP) is 3.05. The molecule has 0 radical (unpaired) electrons. The summed E-state index contributed by atoms with van der Waals surface area (Å²) in [5.74, 6) is 1.28. The van der Waals surface area contributed by atoms with Crippen LogP contribution in [0.4, 0.5) is 17.5 Å². The summed E-state index contributed by atoms with van der Waals surface area (Å²) in [4.78, 5) is 18.6. The van der Waals surface area contributed by atoms with Gasteiger partial charge in [-0.2, -0.15) is 4.98 Å². The Kier molecular flexibility index (Phi) is 6.14. The van der Waals surface area contributed by atoms with Crippen molar-refractivity contribution >= 4 is 17.5 Å². The van der Waals surface area contributed by atoms with E-state index in [0.29, 0.717) is 18.4 Å². The smallest absolute Gasteiger partial charge is 0.329 e. The van der Waals surface area contributed by atoms with E-state index in [4.69, 9.17) is 0 Å². The van der Waals surface area contributed by atoms with Crippen LogP contribution < -0.4 is 10.6 Å². The SMILES string of the molecule is CCNc1ncc([N+](=O)[O-])c(NC(C)CCC(C)C)n1. The van der Waals surface area contributed by atoms with Gasteiger partial charge in [0.2, 0.25) is 11.8 Å². The second-order valence-electron chi connectivity index (χ2n) is 5.23. The molecule has 0 saturated heterocycles. The first-order chi connectivity index (χ1) is 9.43. The number of nitrogens with one attached hydrogen (secondary N) is 2. The predicted molar refractivity (Wildman–Crippen MR) is 80.0 cm³/mol. The summed E-state index contributed by atoms with van der Waals surface area (Å²) in [6.45, 7) is 8.90. The van der Waals surface area contributed by atoms with Crippen molar-refractivity contribution in [3.8, 4) is 0 Å². The van der Waals surface area contributed by atoms with Crippen molar-refractivity contribution in [3.05, 3.63) is 16.3 Å². The molecule has 2 N–H and O–H groups in total.